The first-order chi connectivity index (χ1) is 9.20. The number of benzene rings is 1. The molecule has 0 amide bonds. The van der Waals surface area contributed by atoms with E-state index < -0.39 is 0 Å². The summed E-state index contributed by atoms with van der Waals surface area (Å²) in [6.45, 7) is 4.40. The van der Waals surface area contributed by atoms with Crippen LogP contribution in [-0.4, -0.2) is 13.1 Å². The van der Waals surface area contributed by atoms with Crippen molar-refractivity contribution in [2.24, 2.45) is 11.8 Å². The molecule has 2 atom stereocenters. The molecule has 0 bridgehead atoms. The number of rotatable bonds is 6. The summed E-state index contributed by atoms with van der Waals surface area (Å²) in [4.78, 5) is 0. The van der Waals surface area contributed by atoms with Crippen molar-refractivity contribution < 1.29 is 4.39 Å². The maximum absolute atomic E-state index is 13.0. The summed E-state index contributed by atoms with van der Waals surface area (Å²) in [6, 6.07) is 4.78. The van der Waals surface area contributed by atoms with Gasteiger partial charge in [0, 0.05) is 5.02 Å². The Morgan fingerprint density at radius 3 is 2.84 bits per heavy atom. The Kier molecular flexibility index (Phi) is 5.65. The largest absolute Gasteiger partial charge is 0.316 e. The van der Waals surface area contributed by atoms with Crippen molar-refractivity contribution in [1.29, 1.82) is 0 Å². The van der Waals surface area contributed by atoms with Gasteiger partial charge in [-0.3, -0.25) is 0 Å². The Morgan fingerprint density at radius 2 is 2.11 bits per heavy atom. The summed E-state index contributed by atoms with van der Waals surface area (Å²) in [5.74, 6) is 1.18. The molecule has 1 aliphatic rings. The van der Waals surface area contributed by atoms with Crippen molar-refractivity contribution in [1.82, 2.24) is 5.32 Å². The maximum atomic E-state index is 13.0. The van der Waals surface area contributed by atoms with Gasteiger partial charge in [0.2, 0.25) is 0 Å². The highest BCUT2D eigenvalue weighted by atomic mass is 35.5. The average Bonchev–Trinajstić information content (AvgIpc) is 2.81. The highest BCUT2D eigenvalue weighted by Crippen LogP contribution is 2.35. The molecule has 1 nitrogen and oxygen atoms in total. The first-order valence-electron chi connectivity index (χ1n) is 7.35. The van der Waals surface area contributed by atoms with E-state index in [-0.39, 0.29) is 5.82 Å². The van der Waals surface area contributed by atoms with Crippen molar-refractivity contribution in [2.45, 2.75) is 39.0 Å². The third-order valence-electron chi connectivity index (χ3n) is 4.15. The van der Waals surface area contributed by atoms with Crippen molar-refractivity contribution in [3.05, 3.63) is 34.6 Å². The van der Waals surface area contributed by atoms with Gasteiger partial charge in [-0.05, 0) is 68.3 Å². The van der Waals surface area contributed by atoms with E-state index in [1.807, 2.05) is 6.07 Å². The molecule has 1 fully saturated rings. The molecule has 1 aromatic rings. The number of nitrogens with one attached hydrogen (secondary N) is 1. The molecule has 1 saturated carbocycles. The smallest absolute Gasteiger partial charge is 0.124 e. The molecule has 0 aliphatic heterocycles. The van der Waals surface area contributed by atoms with Crippen molar-refractivity contribution in [3.8, 4) is 0 Å². The summed E-state index contributed by atoms with van der Waals surface area (Å²) < 4.78 is 13.0. The molecule has 0 radical (unpaired) electrons. The molecule has 3 heteroatoms. The van der Waals surface area contributed by atoms with Gasteiger partial charge >= 0.3 is 0 Å². The van der Waals surface area contributed by atoms with Gasteiger partial charge in [-0.2, -0.15) is 0 Å². The molecular weight excluding hydrogens is 261 g/mol. The molecule has 2 rings (SSSR count). The Morgan fingerprint density at radius 1 is 1.32 bits per heavy atom. The molecule has 0 saturated heterocycles. The topological polar surface area (TPSA) is 12.0 Å². The SMILES string of the molecule is CCCNCC1CCCC1Cc1ccc(F)cc1Cl. The van der Waals surface area contributed by atoms with Gasteiger partial charge in [-0.15, -0.1) is 0 Å². The summed E-state index contributed by atoms with van der Waals surface area (Å²) in [5.41, 5.74) is 1.09. The minimum atomic E-state index is -0.249. The van der Waals surface area contributed by atoms with Crippen LogP contribution in [0, 0.1) is 17.7 Å². The van der Waals surface area contributed by atoms with E-state index in [1.165, 1.54) is 37.8 Å². The van der Waals surface area contributed by atoms with Crippen LogP contribution in [0.25, 0.3) is 0 Å². The van der Waals surface area contributed by atoms with E-state index >= 15 is 0 Å². The molecule has 1 N–H and O–H groups in total. The van der Waals surface area contributed by atoms with Gasteiger partial charge in [-0.1, -0.05) is 31.0 Å². The quantitative estimate of drug-likeness (QED) is 0.761. The van der Waals surface area contributed by atoms with Crippen LogP contribution in [0.1, 0.15) is 38.2 Å². The molecule has 2 unspecified atom stereocenters. The monoisotopic (exact) mass is 283 g/mol. The summed E-state index contributed by atoms with van der Waals surface area (Å²) >= 11 is 6.13. The van der Waals surface area contributed by atoms with E-state index in [0.717, 1.165) is 31.0 Å². The van der Waals surface area contributed by atoms with Crippen LogP contribution in [0.3, 0.4) is 0 Å². The summed E-state index contributed by atoms with van der Waals surface area (Å²) in [6.07, 6.45) is 6.05. The predicted molar refractivity (Wildman–Crippen MR) is 79.1 cm³/mol. The highest BCUT2D eigenvalue weighted by Gasteiger charge is 2.27. The molecule has 0 heterocycles. The highest BCUT2D eigenvalue weighted by molar-refractivity contribution is 6.31. The van der Waals surface area contributed by atoms with Crippen LogP contribution in [0.4, 0.5) is 4.39 Å². The molecule has 19 heavy (non-hydrogen) atoms. The molecule has 1 aromatic carbocycles. The average molecular weight is 284 g/mol. The van der Waals surface area contributed by atoms with Crippen LogP contribution < -0.4 is 5.32 Å². The zero-order chi connectivity index (χ0) is 13.7. The van der Waals surface area contributed by atoms with Crippen LogP contribution in [-0.2, 0) is 6.42 Å². The van der Waals surface area contributed by atoms with E-state index in [2.05, 4.69) is 12.2 Å². The third-order valence-corrected chi connectivity index (χ3v) is 4.50. The zero-order valence-corrected chi connectivity index (χ0v) is 12.3. The van der Waals surface area contributed by atoms with Gasteiger partial charge in [0.05, 0.1) is 0 Å². The Bertz CT molecular complexity index is 408. The fourth-order valence-corrected chi connectivity index (χ4v) is 3.33. The fourth-order valence-electron chi connectivity index (χ4n) is 3.09. The second kappa shape index (κ2) is 7.25. The fraction of sp³-hybridized carbons (Fsp3) is 0.625. The first-order valence-corrected chi connectivity index (χ1v) is 7.73. The third kappa shape index (κ3) is 4.19. The summed E-state index contributed by atoms with van der Waals surface area (Å²) in [5, 5.41) is 4.10. The van der Waals surface area contributed by atoms with Gasteiger partial charge in [0.15, 0.2) is 0 Å². The van der Waals surface area contributed by atoms with Gasteiger partial charge in [-0.25, -0.2) is 4.39 Å². The predicted octanol–water partition coefficient (Wildman–Crippen LogP) is 4.44. The first kappa shape index (κ1) is 14.8. The van der Waals surface area contributed by atoms with E-state index in [9.17, 15) is 4.39 Å². The normalized spacial score (nSPS) is 22.9. The van der Waals surface area contributed by atoms with E-state index in [4.69, 9.17) is 11.6 Å². The minimum Gasteiger partial charge on any atom is -0.316 e. The minimum absolute atomic E-state index is 0.249. The van der Waals surface area contributed by atoms with Crippen molar-refractivity contribution >= 4 is 11.6 Å². The second-order valence-corrected chi connectivity index (χ2v) is 6.00. The number of hydrogen-bond acceptors (Lipinski definition) is 1. The van der Waals surface area contributed by atoms with Crippen LogP contribution >= 0.6 is 11.6 Å². The molecule has 0 aromatic heterocycles. The van der Waals surface area contributed by atoms with Crippen LogP contribution in [0.5, 0.6) is 0 Å². The lowest BCUT2D eigenvalue weighted by Crippen LogP contribution is -2.26. The number of halogens is 2. The molecule has 106 valence electrons. The van der Waals surface area contributed by atoms with Gasteiger partial charge in [0.25, 0.3) is 0 Å². The lowest BCUT2D eigenvalue weighted by molar-refractivity contribution is 0.365. The lowest BCUT2D eigenvalue weighted by atomic mass is 9.89. The molecular formula is C16H23ClFN. The van der Waals surface area contributed by atoms with Gasteiger partial charge < -0.3 is 5.32 Å². The standard InChI is InChI=1S/C16H23ClFN/c1-2-8-19-11-14-5-3-4-12(14)9-13-6-7-15(18)10-16(13)17/h6-7,10,12,14,19H,2-5,8-9,11H2,1H3. The van der Waals surface area contributed by atoms with Crippen molar-refractivity contribution in [3.63, 3.8) is 0 Å². The zero-order valence-electron chi connectivity index (χ0n) is 11.6. The Labute approximate surface area is 120 Å². The van der Waals surface area contributed by atoms with Crippen molar-refractivity contribution in [2.75, 3.05) is 13.1 Å². The Hall–Kier alpha value is -0.600. The molecule has 0 spiro atoms. The molecule has 1 aliphatic carbocycles. The van der Waals surface area contributed by atoms with E-state index in [0.29, 0.717) is 10.9 Å². The van der Waals surface area contributed by atoms with Crippen LogP contribution in [0.15, 0.2) is 18.2 Å². The second-order valence-electron chi connectivity index (χ2n) is 5.60. The Balaban J connectivity index is 1.93. The lowest BCUT2D eigenvalue weighted by Gasteiger charge is -2.20. The maximum Gasteiger partial charge on any atom is 0.124 e. The van der Waals surface area contributed by atoms with E-state index in [1.54, 1.807) is 0 Å². The summed E-state index contributed by atoms with van der Waals surface area (Å²) in [7, 11) is 0. The van der Waals surface area contributed by atoms with Gasteiger partial charge in [0.1, 0.15) is 5.82 Å². The number of hydrogen-bond donors (Lipinski definition) is 1. The van der Waals surface area contributed by atoms with Crippen LogP contribution in [0.2, 0.25) is 5.02 Å².